The number of hydrogen-bond donors (Lipinski definition) is 1. The van der Waals surface area contributed by atoms with Crippen molar-refractivity contribution in [3.63, 3.8) is 0 Å². The normalized spacial score (nSPS) is 10.7. The third-order valence-electron chi connectivity index (χ3n) is 1.30. The van der Waals surface area contributed by atoms with Gasteiger partial charge in [0.2, 0.25) is 0 Å². The standard InChI is InChI=1S/C7H10N2O2S2/c1-4(2)12-3-5-6(7(10)11)13-9-8-5/h4H,3H2,1-2H3,(H,10,11). The second-order valence-corrected chi connectivity index (χ2v) is 5.03. The summed E-state index contributed by atoms with van der Waals surface area (Å²) in [7, 11) is 0. The summed E-state index contributed by atoms with van der Waals surface area (Å²) in [5.41, 5.74) is 0.580. The molecule has 1 N–H and O–H groups in total. The van der Waals surface area contributed by atoms with Crippen LogP contribution in [-0.2, 0) is 5.75 Å². The lowest BCUT2D eigenvalue weighted by molar-refractivity contribution is 0.0701. The van der Waals surface area contributed by atoms with Gasteiger partial charge in [-0.15, -0.1) is 5.10 Å². The highest BCUT2D eigenvalue weighted by atomic mass is 32.2. The van der Waals surface area contributed by atoms with E-state index in [1.807, 2.05) is 0 Å². The van der Waals surface area contributed by atoms with Crippen LogP contribution in [0.5, 0.6) is 0 Å². The van der Waals surface area contributed by atoms with E-state index in [2.05, 4.69) is 23.4 Å². The monoisotopic (exact) mass is 218 g/mol. The number of rotatable bonds is 4. The van der Waals surface area contributed by atoms with Gasteiger partial charge in [-0.25, -0.2) is 4.79 Å². The van der Waals surface area contributed by atoms with Gasteiger partial charge in [0.1, 0.15) is 5.69 Å². The fourth-order valence-electron chi connectivity index (χ4n) is 0.711. The smallest absolute Gasteiger partial charge is 0.349 e. The number of carbonyl (C=O) groups is 1. The molecule has 1 heterocycles. The van der Waals surface area contributed by atoms with Crippen LogP contribution in [0.15, 0.2) is 0 Å². The van der Waals surface area contributed by atoms with Crippen LogP contribution in [0, 0.1) is 0 Å². The van der Waals surface area contributed by atoms with Crippen LogP contribution < -0.4 is 0 Å². The molecule has 0 fully saturated rings. The Morgan fingerprint density at radius 3 is 2.92 bits per heavy atom. The zero-order valence-electron chi connectivity index (χ0n) is 7.35. The van der Waals surface area contributed by atoms with E-state index in [1.54, 1.807) is 11.8 Å². The summed E-state index contributed by atoms with van der Waals surface area (Å²) >= 11 is 2.60. The topological polar surface area (TPSA) is 63.1 Å². The first-order chi connectivity index (χ1) is 6.11. The molecule has 1 aromatic rings. The molecule has 0 aromatic carbocycles. The highest BCUT2D eigenvalue weighted by Crippen LogP contribution is 2.20. The van der Waals surface area contributed by atoms with E-state index in [9.17, 15) is 4.79 Å². The first kappa shape index (κ1) is 10.5. The average Bonchev–Trinajstić information content (AvgIpc) is 2.47. The zero-order chi connectivity index (χ0) is 9.84. The van der Waals surface area contributed by atoms with Crippen LogP contribution in [0.2, 0.25) is 0 Å². The predicted octanol–water partition coefficient (Wildman–Crippen LogP) is 1.88. The molecule has 0 amide bonds. The van der Waals surface area contributed by atoms with E-state index in [1.165, 1.54) is 0 Å². The third kappa shape index (κ3) is 2.96. The third-order valence-corrected chi connectivity index (χ3v) is 3.17. The van der Waals surface area contributed by atoms with Crippen molar-refractivity contribution in [1.82, 2.24) is 9.59 Å². The molecule has 13 heavy (non-hydrogen) atoms. The molecule has 0 radical (unpaired) electrons. The summed E-state index contributed by atoms with van der Waals surface area (Å²) in [5, 5.41) is 13.0. The Morgan fingerprint density at radius 2 is 2.38 bits per heavy atom. The Bertz CT molecular complexity index is 298. The molecule has 4 nitrogen and oxygen atoms in total. The van der Waals surface area contributed by atoms with E-state index >= 15 is 0 Å². The van der Waals surface area contributed by atoms with Crippen molar-refractivity contribution in [1.29, 1.82) is 0 Å². The van der Waals surface area contributed by atoms with E-state index in [4.69, 9.17) is 5.11 Å². The molecule has 0 aliphatic rings. The minimum atomic E-state index is -0.936. The van der Waals surface area contributed by atoms with Gasteiger partial charge in [-0.1, -0.05) is 18.3 Å². The lowest BCUT2D eigenvalue weighted by Crippen LogP contribution is -1.99. The first-order valence-corrected chi connectivity index (χ1v) is 5.59. The van der Waals surface area contributed by atoms with E-state index < -0.39 is 5.97 Å². The van der Waals surface area contributed by atoms with Crippen molar-refractivity contribution < 1.29 is 9.90 Å². The maximum Gasteiger partial charge on any atom is 0.349 e. The maximum atomic E-state index is 10.6. The lowest BCUT2D eigenvalue weighted by Gasteiger charge is -2.01. The van der Waals surface area contributed by atoms with Gasteiger partial charge in [-0.3, -0.25) is 0 Å². The number of carboxylic acid groups (broad SMARTS) is 1. The van der Waals surface area contributed by atoms with Crippen molar-refractivity contribution in [2.75, 3.05) is 0 Å². The molecule has 72 valence electrons. The summed E-state index contributed by atoms with van der Waals surface area (Å²) in [6.07, 6.45) is 0. The number of aromatic nitrogens is 2. The Kier molecular flexibility index (Phi) is 3.68. The highest BCUT2D eigenvalue weighted by molar-refractivity contribution is 7.99. The molecule has 0 bridgehead atoms. The van der Waals surface area contributed by atoms with Crippen molar-refractivity contribution in [3.8, 4) is 0 Å². The van der Waals surface area contributed by atoms with E-state index in [-0.39, 0.29) is 4.88 Å². The highest BCUT2D eigenvalue weighted by Gasteiger charge is 2.14. The van der Waals surface area contributed by atoms with Crippen LogP contribution in [0.25, 0.3) is 0 Å². The second kappa shape index (κ2) is 4.57. The quantitative estimate of drug-likeness (QED) is 0.836. The summed E-state index contributed by atoms with van der Waals surface area (Å²) in [6.45, 7) is 4.12. The van der Waals surface area contributed by atoms with Gasteiger partial charge >= 0.3 is 5.97 Å². The van der Waals surface area contributed by atoms with Crippen LogP contribution in [0.4, 0.5) is 0 Å². The molecule has 0 aliphatic heterocycles. The average molecular weight is 218 g/mol. The molecule has 0 saturated carbocycles. The predicted molar refractivity (Wildman–Crippen MR) is 53.3 cm³/mol. The van der Waals surface area contributed by atoms with Crippen LogP contribution >= 0.6 is 23.3 Å². The van der Waals surface area contributed by atoms with Crippen LogP contribution in [-0.4, -0.2) is 25.9 Å². The summed E-state index contributed by atoms with van der Waals surface area (Å²) in [4.78, 5) is 10.9. The molecular formula is C7H10N2O2S2. The number of nitrogens with zero attached hydrogens (tertiary/aromatic N) is 2. The van der Waals surface area contributed by atoms with Crippen molar-refractivity contribution in [3.05, 3.63) is 10.6 Å². The van der Waals surface area contributed by atoms with Crippen molar-refractivity contribution in [2.24, 2.45) is 0 Å². The van der Waals surface area contributed by atoms with Gasteiger partial charge in [0, 0.05) is 5.75 Å². The van der Waals surface area contributed by atoms with Gasteiger partial charge in [0.05, 0.1) is 0 Å². The van der Waals surface area contributed by atoms with Crippen LogP contribution in [0.1, 0.15) is 29.2 Å². The molecule has 0 saturated heterocycles. The lowest BCUT2D eigenvalue weighted by atomic mass is 10.4. The second-order valence-electron chi connectivity index (χ2n) is 2.71. The van der Waals surface area contributed by atoms with Gasteiger partial charge < -0.3 is 5.11 Å². The van der Waals surface area contributed by atoms with Crippen molar-refractivity contribution in [2.45, 2.75) is 24.9 Å². The Balaban J connectivity index is 2.65. The fourth-order valence-corrected chi connectivity index (χ4v) is 2.01. The molecule has 0 aliphatic carbocycles. The number of carboxylic acids is 1. The minimum absolute atomic E-state index is 0.258. The van der Waals surface area contributed by atoms with Gasteiger partial charge in [-0.05, 0) is 16.8 Å². The molecule has 1 aromatic heterocycles. The number of aromatic carboxylic acids is 1. The molecule has 0 atom stereocenters. The molecule has 6 heteroatoms. The van der Waals surface area contributed by atoms with E-state index in [0.29, 0.717) is 16.7 Å². The van der Waals surface area contributed by atoms with Crippen molar-refractivity contribution >= 4 is 29.3 Å². The largest absolute Gasteiger partial charge is 0.477 e. The number of hydrogen-bond acceptors (Lipinski definition) is 5. The van der Waals surface area contributed by atoms with Gasteiger partial charge in [0.15, 0.2) is 4.88 Å². The molecule has 0 spiro atoms. The van der Waals surface area contributed by atoms with Gasteiger partial charge in [-0.2, -0.15) is 11.8 Å². The van der Waals surface area contributed by atoms with Gasteiger partial charge in [0.25, 0.3) is 0 Å². The molecular weight excluding hydrogens is 208 g/mol. The van der Waals surface area contributed by atoms with E-state index in [0.717, 1.165) is 11.5 Å². The fraction of sp³-hybridized carbons (Fsp3) is 0.571. The zero-order valence-corrected chi connectivity index (χ0v) is 8.98. The Labute approximate surface area is 84.5 Å². The molecule has 0 unspecified atom stereocenters. The summed E-state index contributed by atoms with van der Waals surface area (Å²) < 4.78 is 3.62. The maximum absolute atomic E-state index is 10.6. The minimum Gasteiger partial charge on any atom is -0.477 e. The Hall–Kier alpha value is -0.620. The first-order valence-electron chi connectivity index (χ1n) is 3.77. The summed E-state index contributed by atoms with van der Waals surface area (Å²) in [5.74, 6) is -0.315. The summed E-state index contributed by atoms with van der Waals surface area (Å²) in [6, 6.07) is 0. The van der Waals surface area contributed by atoms with Crippen LogP contribution in [0.3, 0.4) is 0 Å². The Morgan fingerprint density at radius 1 is 1.69 bits per heavy atom. The number of thioether (sulfide) groups is 1. The SMILES string of the molecule is CC(C)SCc1nnsc1C(=O)O. The molecule has 1 rings (SSSR count).